The first kappa shape index (κ1) is 18.9. The molecule has 1 aromatic heterocycles. The average Bonchev–Trinajstić information content (AvgIpc) is 3.09. The van der Waals surface area contributed by atoms with Gasteiger partial charge < -0.3 is 9.30 Å². The standard InChI is InChI=1S/C19H18N4O5/c1-13(28-16-8-6-15(7-9-16)23(26)27)19(25)21-20-18(24)12-22-11-10-14-4-2-3-5-17(14)22/h2-11,13H,12H2,1H3,(H,20,24)(H,21,25). The van der Waals surface area contributed by atoms with E-state index in [0.29, 0.717) is 5.75 Å². The molecule has 0 saturated carbocycles. The number of carbonyl (C=O) groups is 2. The molecule has 0 spiro atoms. The average molecular weight is 382 g/mol. The predicted octanol–water partition coefficient (Wildman–Crippen LogP) is 2.16. The first-order chi connectivity index (χ1) is 13.4. The third kappa shape index (κ3) is 4.44. The molecule has 0 aliphatic heterocycles. The monoisotopic (exact) mass is 382 g/mol. The molecule has 0 aliphatic carbocycles. The van der Waals surface area contributed by atoms with Crippen LogP contribution in [0.3, 0.4) is 0 Å². The van der Waals surface area contributed by atoms with Crippen LogP contribution in [0.25, 0.3) is 10.9 Å². The SMILES string of the molecule is CC(Oc1ccc([N+](=O)[O-])cc1)C(=O)NNC(=O)Cn1ccc2ccccc21. The number of fused-ring (bicyclic) bond motifs is 1. The smallest absolute Gasteiger partial charge is 0.279 e. The van der Waals surface area contributed by atoms with Gasteiger partial charge in [0.05, 0.1) is 4.92 Å². The number of rotatable bonds is 6. The van der Waals surface area contributed by atoms with Gasteiger partial charge in [-0.05, 0) is 36.6 Å². The van der Waals surface area contributed by atoms with Crippen molar-refractivity contribution in [3.05, 3.63) is 70.9 Å². The van der Waals surface area contributed by atoms with E-state index in [1.165, 1.54) is 31.2 Å². The normalized spacial score (nSPS) is 11.6. The highest BCUT2D eigenvalue weighted by Gasteiger charge is 2.16. The molecule has 144 valence electrons. The summed E-state index contributed by atoms with van der Waals surface area (Å²) >= 11 is 0. The number of non-ortho nitro benzene ring substituents is 1. The maximum atomic E-state index is 12.1. The summed E-state index contributed by atoms with van der Waals surface area (Å²) in [5.74, 6) is -0.639. The van der Waals surface area contributed by atoms with E-state index in [0.717, 1.165) is 10.9 Å². The van der Waals surface area contributed by atoms with E-state index < -0.39 is 22.8 Å². The Kier molecular flexibility index (Phi) is 5.54. The van der Waals surface area contributed by atoms with Crippen molar-refractivity contribution in [1.82, 2.24) is 15.4 Å². The van der Waals surface area contributed by atoms with E-state index in [1.54, 1.807) is 10.8 Å². The van der Waals surface area contributed by atoms with Crippen LogP contribution in [0.5, 0.6) is 5.75 Å². The predicted molar refractivity (Wildman–Crippen MR) is 101 cm³/mol. The highest BCUT2D eigenvalue weighted by molar-refractivity contribution is 5.86. The van der Waals surface area contributed by atoms with Crippen LogP contribution in [0, 0.1) is 10.1 Å². The Morgan fingerprint density at radius 3 is 2.54 bits per heavy atom. The molecule has 1 unspecified atom stereocenters. The first-order valence-electron chi connectivity index (χ1n) is 8.48. The maximum absolute atomic E-state index is 12.1. The largest absolute Gasteiger partial charge is 0.481 e. The number of nitro benzene ring substituents is 1. The molecule has 0 radical (unpaired) electrons. The van der Waals surface area contributed by atoms with Crippen LogP contribution in [-0.4, -0.2) is 27.4 Å². The van der Waals surface area contributed by atoms with Crippen molar-refractivity contribution in [3.8, 4) is 5.75 Å². The zero-order chi connectivity index (χ0) is 20.1. The van der Waals surface area contributed by atoms with E-state index in [9.17, 15) is 19.7 Å². The number of carbonyl (C=O) groups excluding carboxylic acids is 2. The molecule has 3 aromatic rings. The van der Waals surface area contributed by atoms with Gasteiger partial charge in [0, 0.05) is 23.8 Å². The van der Waals surface area contributed by atoms with Gasteiger partial charge in [0.25, 0.3) is 17.5 Å². The Bertz CT molecular complexity index is 1010. The summed E-state index contributed by atoms with van der Waals surface area (Å²) < 4.78 is 7.19. The van der Waals surface area contributed by atoms with Gasteiger partial charge in [-0.25, -0.2) is 0 Å². The molecule has 0 bridgehead atoms. The molecule has 2 N–H and O–H groups in total. The number of hydrazine groups is 1. The van der Waals surface area contributed by atoms with Crippen molar-refractivity contribution < 1.29 is 19.2 Å². The lowest BCUT2D eigenvalue weighted by Gasteiger charge is -2.15. The first-order valence-corrected chi connectivity index (χ1v) is 8.48. The van der Waals surface area contributed by atoms with E-state index >= 15 is 0 Å². The van der Waals surface area contributed by atoms with Gasteiger partial charge in [-0.1, -0.05) is 18.2 Å². The number of ether oxygens (including phenoxy) is 1. The summed E-state index contributed by atoms with van der Waals surface area (Å²) in [7, 11) is 0. The molecule has 28 heavy (non-hydrogen) atoms. The second kappa shape index (κ2) is 8.21. The maximum Gasteiger partial charge on any atom is 0.279 e. The summed E-state index contributed by atoms with van der Waals surface area (Å²) in [6, 6.07) is 14.9. The van der Waals surface area contributed by atoms with E-state index in [4.69, 9.17) is 4.74 Å². The van der Waals surface area contributed by atoms with Crippen molar-refractivity contribution >= 4 is 28.4 Å². The zero-order valence-corrected chi connectivity index (χ0v) is 15.0. The molecule has 0 saturated heterocycles. The Morgan fingerprint density at radius 1 is 1.11 bits per heavy atom. The fourth-order valence-electron chi connectivity index (χ4n) is 2.61. The number of amides is 2. The summed E-state index contributed by atoms with van der Waals surface area (Å²) in [4.78, 5) is 34.3. The molecule has 0 aliphatic rings. The minimum absolute atomic E-state index is 0.0470. The molecule has 9 nitrogen and oxygen atoms in total. The highest BCUT2D eigenvalue weighted by atomic mass is 16.6. The molecule has 1 heterocycles. The fraction of sp³-hybridized carbons (Fsp3) is 0.158. The van der Waals surface area contributed by atoms with E-state index in [2.05, 4.69) is 10.9 Å². The lowest BCUT2D eigenvalue weighted by molar-refractivity contribution is -0.384. The number of nitro groups is 1. The third-order valence-electron chi connectivity index (χ3n) is 4.05. The van der Waals surface area contributed by atoms with Crippen LogP contribution in [0.1, 0.15) is 6.92 Å². The number of aromatic nitrogens is 1. The van der Waals surface area contributed by atoms with E-state index in [1.807, 2.05) is 30.3 Å². The van der Waals surface area contributed by atoms with Crippen LogP contribution in [-0.2, 0) is 16.1 Å². The van der Waals surface area contributed by atoms with E-state index in [-0.39, 0.29) is 12.2 Å². The van der Waals surface area contributed by atoms with Gasteiger partial charge in [-0.2, -0.15) is 0 Å². The Balaban J connectivity index is 1.50. The lowest BCUT2D eigenvalue weighted by atomic mass is 10.2. The van der Waals surface area contributed by atoms with Crippen molar-refractivity contribution in [1.29, 1.82) is 0 Å². The van der Waals surface area contributed by atoms with Gasteiger partial charge in [0.2, 0.25) is 0 Å². The summed E-state index contributed by atoms with van der Waals surface area (Å²) in [5.41, 5.74) is 5.50. The molecule has 0 fully saturated rings. The van der Waals surface area contributed by atoms with Gasteiger partial charge in [0.1, 0.15) is 12.3 Å². The Hall–Kier alpha value is -3.88. The van der Waals surface area contributed by atoms with Crippen molar-refractivity contribution in [2.24, 2.45) is 0 Å². The molecule has 1 atom stereocenters. The fourth-order valence-corrected chi connectivity index (χ4v) is 2.61. The van der Waals surface area contributed by atoms with Gasteiger partial charge in [-0.3, -0.25) is 30.6 Å². The summed E-state index contributed by atoms with van der Waals surface area (Å²) in [6.07, 6.45) is 0.890. The Morgan fingerprint density at radius 2 is 1.82 bits per heavy atom. The highest BCUT2D eigenvalue weighted by Crippen LogP contribution is 2.18. The molecular formula is C19H18N4O5. The quantitative estimate of drug-likeness (QED) is 0.501. The minimum atomic E-state index is -0.908. The molecule has 2 amide bonds. The molecule has 3 rings (SSSR count). The van der Waals surface area contributed by atoms with Crippen LogP contribution >= 0.6 is 0 Å². The molecular weight excluding hydrogens is 364 g/mol. The molecule has 2 aromatic carbocycles. The summed E-state index contributed by atoms with van der Waals surface area (Å²) in [5, 5.41) is 11.7. The number of para-hydroxylation sites is 1. The van der Waals surface area contributed by atoms with Crippen molar-refractivity contribution in [3.63, 3.8) is 0 Å². The number of benzene rings is 2. The minimum Gasteiger partial charge on any atom is -0.481 e. The van der Waals surface area contributed by atoms with Gasteiger partial charge in [-0.15, -0.1) is 0 Å². The van der Waals surface area contributed by atoms with Crippen LogP contribution in [0.2, 0.25) is 0 Å². The topological polar surface area (TPSA) is 116 Å². The lowest BCUT2D eigenvalue weighted by Crippen LogP contribution is -2.48. The van der Waals surface area contributed by atoms with Crippen molar-refractivity contribution in [2.45, 2.75) is 19.6 Å². The number of hydrogen-bond donors (Lipinski definition) is 2. The second-order valence-electron chi connectivity index (χ2n) is 6.05. The Labute approximate surface area is 160 Å². The summed E-state index contributed by atoms with van der Waals surface area (Å²) in [6.45, 7) is 1.55. The second-order valence-corrected chi connectivity index (χ2v) is 6.05. The van der Waals surface area contributed by atoms with Gasteiger partial charge in [0.15, 0.2) is 6.10 Å². The number of nitrogens with zero attached hydrogens (tertiary/aromatic N) is 2. The van der Waals surface area contributed by atoms with Crippen molar-refractivity contribution in [2.75, 3.05) is 0 Å². The van der Waals surface area contributed by atoms with Crippen LogP contribution < -0.4 is 15.6 Å². The van der Waals surface area contributed by atoms with Crippen LogP contribution in [0.15, 0.2) is 60.8 Å². The molecule has 9 heteroatoms. The number of hydrogen-bond acceptors (Lipinski definition) is 5. The number of nitrogens with one attached hydrogen (secondary N) is 2. The van der Waals surface area contributed by atoms with Crippen LogP contribution in [0.4, 0.5) is 5.69 Å². The van der Waals surface area contributed by atoms with Gasteiger partial charge >= 0.3 is 0 Å². The third-order valence-corrected chi connectivity index (χ3v) is 4.05. The zero-order valence-electron chi connectivity index (χ0n) is 15.0.